The molecule has 30 heavy (non-hydrogen) atoms. The molecule has 1 fully saturated rings. The number of benzene rings is 2. The van der Waals surface area contributed by atoms with Gasteiger partial charge in [0.15, 0.2) is 11.5 Å². The van der Waals surface area contributed by atoms with Crippen LogP contribution < -0.4 is 20.1 Å². The normalized spacial score (nSPS) is 16.2. The highest BCUT2D eigenvalue weighted by Crippen LogP contribution is 2.29. The summed E-state index contributed by atoms with van der Waals surface area (Å²) in [5.74, 6) is 1.35. The van der Waals surface area contributed by atoms with E-state index in [9.17, 15) is 4.79 Å². The van der Waals surface area contributed by atoms with Gasteiger partial charge in [0.2, 0.25) is 5.96 Å². The summed E-state index contributed by atoms with van der Waals surface area (Å²) in [7, 11) is 3.17. The average Bonchev–Trinajstić information content (AvgIpc) is 3.31. The molecule has 0 bridgehead atoms. The van der Waals surface area contributed by atoms with Gasteiger partial charge in [-0.3, -0.25) is 10.1 Å². The Bertz CT molecular complexity index is 875. The molecule has 2 N–H and O–H groups in total. The highest BCUT2D eigenvalue weighted by molar-refractivity contribution is 6.10. The molecule has 0 unspecified atom stereocenters. The van der Waals surface area contributed by atoms with Crippen LogP contribution in [0.5, 0.6) is 11.5 Å². The van der Waals surface area contributed by atoms with Crippen molar-refractivity contribution in [2.24, 2.45) is 4.99 Å². The summed E-state index contributed by atoms with van der Waals surface area (Å²) in [6, 6.07) is 13.0. The number of nitrogens with zero attached hydrogens (tertiary/aromatic N) is 1. The van der Waals surface area contributed by atoms with Crippen molar-refractivity contribution in [3.05, 3.63) is 53.6 Å². The van der Waals surface area contributed by atoms with Crippen LogP contribution in [0, 0.1) is 0 Å². The van der Waals surface area contributed by atoms with Crippen molar-refractivity contribution in [1.29, 1.82) is 0 Å². The molecule has 0 spiro atoms. The van der Waals surface area contributed by atoms with Crippen molar-refractivity contribution in [2.75, 3.05) is 32.7 Å². The van der Waals surface area contributed by atoms with E-state index in [1.807, 2.05) is 30.3 Å². The standard InChI is InChI=1S/C23H29N3O4/c1-4-16-7-9-17(10-8-16)22(27)26-23(24-15-19-6-5-13-30-19)25-18-11-12-20(28-2)21(14-18)29-3/h7-12,14,19H,4-6,13,15H2,1-3H3,(H2,24,25,26,27)/t19-/m1/s1. The summed E-state index contributed by atoms with van der Waals surface area (Å²) in [5.41, 5.74) is 2.48. The van der Waals surface area contributed by atoms with Crippen LogP contribution in [0.3, 0.4) is 0 Å². The van der Waals surface area contributed by atoms with E-state index < -0.39 is 0 Å². The van der Waals surface area contributed by atoms with Crippen molar-refractivity contribution >= 4 is 17.6 Å². The van der Waals surface area contributed by atoms with E-state index >= 15 is 0 Å². The Labute approximate surface area is 177 Å². The summed E-state index contributed by atoms with van der Waals surface area (Å²) in [6.07, 6.45) is 3.01. The molecule has 0 aromatic heterocycles. The van der Waals surface area contributed by atoms with Crippen LogP contribution in [0.15, 0.2) is 47.5 Å². The zero-order valence-electron chi connectivity index (χ0n) is 17.7. The third-order valence-electron chi connectivity index (χ3n) is 4.98. The van der Waals surface area contributed by atoms with Crippen LogP contribution in [-0.4, -0.2) is 45.3 Å². The first-order valence-electron chi connectivity index (χ1n) is 10.2. The van der Waals surface area contributed by atoms with Crippen LogP contribution in [0.1, 0.15) is 35.7 Å². The first kappa shape index (κ1) is 21.6. The molecule has 160 valence electrons. The van der Waals surface area contributed by atoms with Crippen molar-refractivity contribution in [3.63, 3.8) is 0 Å². The lowest BCUT2D eigenvalue weighted by Gasteiger charge is -2.15. The number of ether oxygens (including phenoxy) is 3. The van der Waals surface area contributed by atoms with E-state index in [2.05, 4.69) is 22.5 Å². The van der Waals surface area contributed by atoms with E-state index in [1.165, 1.54) is 5.56 Å². The molecule has 0 radical (unpaired) electrons. The molecule has 3 rings (SSSR count). The molecule has 0 saturated carbocycles. The molecule has 1 heterocycles. The fraction of sp³-hybridized carbons (Fsp3) is 0.391. The second-order valence-electron chi connectivity index (χ2n) is 7.02. The number of guanidine groups is 1. The van der Waals surface area contributed by atoms with Crippen LogP contribution in [0.2, 0.25) is 0 Å². The van der Waals surface area contributed by atoms with E-state index in [0.717, 1.165) is 31.6 Å². The second kappa shape index (κ2) is 10.6. The summed E-state index contributed by atoms with van der Waals surface area (Å²) >= 11 is 0. The Morgan fingerprint density at radius 3 is 2.53 bits per heavy atom. The number of hydrogen-bond donors (Lipinski definition) is 2. The summed E-state index contributed by atoms with van der Waals surface area (Å²) in [6.45, 7) is 3.32. The van der Waals surface area contributed by atoms with E-state index in [4.69, 9.17) is 14.2 Å². The Morgan fingerprint density at radius 1 is 1.13 bits per heavy atom. The number of aliphatic imine (C=N–C) groups is 1. The molecular formula is C23H29N3O4. The molecule has 2 aromatic rings. The fourth-order valence-corrected chi connectivity index (χ4v) is 3.21. The van der Waals surface area contributed by atoms with E-state index in [-0.39, 0.29) is 12.0 Å². The minimum Gasteiger partial charge on any atom is -0.493 e. The minimum absolute atomic E-state index is 0.0768. The van der Waals surface area contributed by atoms with Crippen LogP contribution in [-0.2, 0) is 11.2 Å². The van der Waals surface area contributed by atoms with Gasteiger partial charge in [-0.1, -0.05) is 19.1 Å². The number of carbonyl (C=O) groups is 1. The van der Waals surface area contributed by atoms with Gasteiger partial charge >= 0.3 is 0 Å². The Morgan fingerprint density at radius 2 is 1.90 bits per heavy atom. The van der Waals surface area contributed by atoms with Crippen LogP contribution in [0.4, 0.5) is 5.69 Å². The maximum absolute atomic E-state index is 12.8. The van der Waals surface area contributed by atoms with Gasteiger partial charge < -0.3 is 19.5 Å². The number of anilines is 1. The van der Waals surface area contributed by atoms with E-state index in [1.54, 1.807) is 26.4 Å². The van der Waals surface area contributed by atoms with Crippen molar-refractivity contribution < 1.29 is 19.0 Å². The summed E-state index contributed by atoms with van der Waals surface area (Å²) in [4.78, 5) is 17.3. The lowest BCUT2D eigenvalue weighted by Crippen LogP contribution is -2.36. The van der Waals surface area contributed by atoms with Gasteiger partial charge in [-0.2, -0.15) is 0 Å². The number of carbonyl (C=O) groups excluding carboxylic acids is 1. The number of aryl methyl sites for hydroxylation is 1. The van der Waals surface area contributed by atoms with Crippen LogP contribution in [0.25, 0.3) is 0 Å². The van der Waals surface area contributed by atoms with Gasteiger partial charge in [0.25, 0.3) is 5.91 Å². The van der Waals surface area contributed by atoms with Crippen molar-refractivity contribution in [1.82, 2.24) is 5.32 Å². The minimum atomic E-state index is -0.225. The van der Waals surface area contributed by atoms with Crippen molar-refractivity contribution in [2.45, 2.75) is 32.3 Å². The third-order valence-corrected chi connectivity index (χ3v) is 4.98. The predicted molar refractivity (Wildman–Crippen MR) is 118 cm³/mol. The first-order valence-corrected chi connectivity index (χ1v) is 10.2. The topological polar surface area (TPSA) is 81.2 Å². The fourth-order valence-electron chi connectivity index (χ4n) is 3.21. The zero-order chi connectivity index (χ0) is 21.3. The lowest BCUT2D eigenvalue weighted by atomic mass is 10.1. The molecule has 1 atom stereocenters. The van der Waals surface area contributed by atoms with Gasteiger partial charge in [0.05, 0.1) is 26.9 Å². The molecule has 0 aliphatic carbocycles. The van der Waals surface area contributed by atoms with Crippen molar-refractivity contribution in [3.8, 4) is 11.5 Å². The van der Waals surface area contributed by atoms with E-state index in [0.29, 0.717) is 29.6 Å². The van der Waals surface area contributed by atoms with Gasteiger partial charge in [-0.25, -0.2) is 4.99 Å². The summed E-state index contributed by atoms with van der Waals surface area (Å²) < 4.78 is 16.3. The highest BCUT2D eigenvalue weighted by Gasteiger charge is 2.16. The highest BCUT2D eigenvalue weighted by atomic mass is 16.5. The molecule has 1 aliphatic heterocycles. The monoisotopic (exact) mass is 411 g/mol. The molecule has 2 aromatic carbocycles. The maximum atomic E-state index is 12.8. The number of rotatable bonds is 7. The molecule has 7 nitrogen and oxygen atoms in total. The largest absolute Gasteiger partial charge is 0.493 e. The molecule has 1 aliphatic rings. The first-order chi connectivity index (χ1) is 14.6. The van der Waals surface area contributed by atoms with Gasteiger partial charge in [-0.05, 0) is 49.1 Å². The average molecular weight is 412 g/mol. The molecule has 7 heteroatoms. The molecule has 1 saturated heterocycles. The number of nitrogens with one attached hydrogen (secondary N) is 2. The number of hydrogen-bond acceptors (Lipinski definition) is 5. The lowest BCUT2D eigenvalue weighted by molar-refractivity contribution is 0.0975. The molecular weight excluding hydrogens is 382 g/mol. The van der Waals surface area contributed by atoms with Gasteiger partial charge in [0.1, 0.15) is 0 Å². The third kappa shape index (κ3) is 5.73. The Hall–Kier alpha value is -3.06. The SMILES string of the molecule is CCc1ccc(C(=O)NC(=NC[C@H]2CCCO2)Nc2ccc(OC)c(OC)c2)cc1. The smallest absolute Gasteiger partial charge is 0.257 e. The maximum Gasteiger partial charge on any atom is 0.257 e. The predicted octanol–water partition coefficient (Wildman–Crippen LogP) is 3.64. The number of methoxy groups -OCH3 is 2. The Balaban J connectivity index is 1.77. The Kier molecular flexibility index (Phi) is 7.68. The number of amides is 1. The van der Waals surface area contributed by atoms with Crippen LogP contribution >= 0.6 is 0 Å². The second-order valence-corrected chi connectivity index (χ2v) is 7.02. The zero-order valence-corrected chi connectivity index (χ0v) is 17.7. The van der Waals surface area contributed by atoms with Gasteiger partial charge in [0, 0.05) is 23.9 Å². The summed E-state index contributed by atoms with van der Waals surface area (Å²) in [5, 5.41) is 6.06. The van der Waals surface area contributed by atoms with Gasteiger partial charge in [-0.15, -0.1) is 0 Å². The molecule has 1 amide bonds. The quantitative estimate of drug-likeness (QED) is 0.537.